The van der Waals surface area contributed by atoms with Gasteiger partial charge < -0.3 is 0 Å². The Kier molecular flexibility index (Phi) is 4.94. The maximum Gasteiger partial charge on any atom is 0.219 e. The molecule has 0 unspecified atom stereocenters. The van der Waals surface area contributed by atoms with Crippen molar-refractivity contribution in [1.29, 1.82) is 0 Å². The molecule has 6 heteroatoms. The van der Waals surface area contributed by atoms with E-state index in [-0.39, 0.29) is 0 Å². The van der Waals surface area contributed by atoms with E-state index < -0.39 is 10.2 Å². The van der Waals surface area contributed by atoms with Crippen LogP contribution >= 0.6 is 0 Å². The summed E-state index contributed by atoms with van der Waals surface area (Å²) in [5.41, 5.74) is 3.66. The third-order valence-electron chi connectivity index (χ3n) is 3.68. The number of benzene rings is 3. The zero-order chi connectivity index (χ0) is 17.9. The van der Waals surface area contributed by atoms with Crippen LogP contribution in [0.2, 0.25) is 0 Å². The fraction of sp³-hybridized carbons (Fsp3) is 0. The number of hydrogen-bond acceptors (Lipinski definition) is 4. The first-order valence-corrected chi connectivity index (χ1v) is 8.67. The molecule has 0 aliphatic heterocycles. The van der Waals surface area contributed by atoms with E-state index in [2.05, 4.69) is 89.5 Å². The van der Waals surface area contributed by atoms with Gasteiger partial charge in [0.25, 0.3) is 0 Å². The number of hydrogen-bond donors (Lipinski definition) is 0. The summed E-state index contributed by atoms with van der Waals surface area (Å²) < 4.78 is 36.3. The number of aromatic nitrogens is 1. The van der Waals surface area contributed by atoms with E-state index in [4.69, 9.17) is 18.6 Å². The van der Waals surface area contributed by atoms with Crippen molar-refractivity contribution in [2.75, 3.05) is 0 Å². The lowest BCUT2D eigenvalue weighted by Crippen LogP contribution is -2.68. The second kappa shape index (κ2) is 7.14. The van der Waals surface area contributed by atoms with Gasteiger partial charge in [0.2, 0.25) is 16.7 Å². The van der Waals surface area contributed by atoms with Gasteiger partial charge in [-0.05, 0) is 18.2 Å². The fourth-order valence-electron chi connectivity index (χ4n) is 2.78. The highest BCUT2D eigenvalue weighted by molar-refractivity contribution is 5.89. The first kappa shape index (κ1) is 17.3. The second-order valence-corrected chi connectivity index (χ2v) is 6.07. The summed E-state index contributed by atoms with van der Waals surface area (Å²) in [6.45, 7) is 0. The van der Waals surface area contributed by atoms with Crippen LogP contribution in [0.25, 0.3) is 27.5 Å². The predicted molar refractivity (Wildman–Crippen MR) is 83.0 cm³/mol. The molecule has 5 nitrogen and oxygen atoms in total. The minimum atomic E-state index is -4.94. The molecule has 0 bridgehead atoms. The first-order valence-electron chi connectivity index (χ1n) is 7.43. The van der Waals surface area contributed by atoms with Crippen molar-refractivity contribution >= 4 is 21.8 Å². The molecule has 0 spiro atoms. The molecular formula is C19H14ClNO4. The van der Waals surface area contributed by atoms with E-state index in [0.717, 1.165) is 0 Å². The lowest BCUT2D eigenvalue weighted by molar-refractivity contribution is -2.00. The number of pyridine rings is 1. The van der Waals surface area contributed by atoms with Gasteiger partial charge in [0.15, 0.2) is 0 Å². The number of halogens is 1. The maximum atomic E-state index is 8.49. The van der Waals surface area contributed by atoms with Gasteiger partial charge in [-0.15, -0.1) is 10.2 Å². The fourth-order valence-corrected chi connectivity index (χ4v) is 2.78. The molecule has 1 heterocycles. The summed E-state index contributed by atoms with van der Waals surface area (Å²) in [7, 11) is -4.94. The van der Waals surface area contributed by atoms with E-state index >= 15 is 0 Å². The van der Waals surface area contributed by atoms with Crippen LogP contribution in [0.4, 0.5) is 0 Å². The summed E-state index contributed by atoms with van der Waals surface area (Å²) in [5.74, 6) is 0. The molecule has 4 rings (SSSR count). The molecule has 25 heavy (non-hydrogen) atoms. The van der Waals surface area contributed by atoms with Gasteiger partial charge in [-0.1, -0.05) is 42.5 Å². The van der Waals surface area contributed by atoms with Crippen LogP contribution in [0, 0.1) is 10.2 Å². The standard InChI is InChI=1S/C19H14N.ClHO4/c1-2-10-17(11-3-1)20-18-12-6-4-8-15(18)14-16-9-5-7-13-19(16)20;2-1(3,4)5/h1-14H;(H,2,3,4,5)/q+1;/p-1. The van der Waals surface area contributed by atoms with Crippen LogP contribution in [0.5, 0.6) is 0 Å². The summed E-state index contributed by atoms with van der Waals surface area (Å²) >= 11 is 0. The first-order chi connectivity index (χ1) is 11.9. The van der Waals surface area contributed by atoms with E-state index in [1.807, 2.05) is 0 Å². The van der Waals surface area contributed by atoms with Gasteiger partial charge in [-0.25, -0.2) is 18.6 Å². The van der Waals surface area contributed by atoms with Crippen molar-refractivity contribution in [3.63, 3.8) is 0 Å². The van der Waals surface area contributed by atoms with Crippen LogP contribution in [0.15, 0.2) is 84.9 Å². The van der Waals surface area contributed by atoms with Crippen molar-refractivity contribution in [2.24, 2.45) is 0 Å². The lowest BCUT2D eigenvalue weighted by Gasteiger charge is -2.17. The third-order valence-corrected chi connectivity index (χ3v) is 3.68. The monoisotopic (exact) mass is 355 g/mol. The highest BCUT2D eigenvalue weighted by Crippen LogP contribution is 2.19. The number of para-hydroxylation sites is 3. The van der Waals surface area contributed by atoms with Crippen molar-refractivity contribution in [3.05, 3.63) is 84.9 Å². The van der Waals surface area contributed by atoms with Gasteiger partial charge in [0.1, 0.15) is 0 Å². The Balaban J connectivity index is 0.000000324. The van der Waals surface area contributed by atoms with Crippen LogP contribution in [-0.4, -0.2) is 0 Å². The molecule has 0 fully saturated rings. The summed E-state index contributed by atoms with van der Waals surface area (Å²) in [4.78, 5) is 0. The van der Waals surface area contributed by atoms with Crippen molar-refractivity contribution in [2.45, 2.75) is 0 Å². The smallest absolute Gasteiger partial charge is 0.219 e. The summed E-state index contributed by atoms with van der Waals surface area (Å²) in [6, 6.07) is 29.8. The molecule has 0 aliphatic carbocycles. The molecule has 0 saturated heterocycles. The Hall–Kier alpha value is -2.54. The molecule has 1 aromatic heterocycles. The van der Waals surface area contributed by atoms with Crippen LogP contribution < -0.4 is 23.2 Å². The van der Waals surface area contributed by atoms with Gasteiger partial charge >= 0.3 is 0 Å². The molecular weight excluding hydrogens is 342 g/mol. The Morgan fingerprint density at radius 3 is 1.44 bits per heavy atom. The third kappa shape index (κ3) is 4.30. The minimum absolute atomic E-state index is 1.19. The van der Waals surface area contributed by atoms with Gasteiger partial charge in [-0.3, -0.25) is 0 Å². The minimum Gasteiger partial charge on any atom is -0.222 e. The van der Waals surface area contributed by atoms with Gasteiger partial charge in [0.05, 0.1) is 0 Å². The molecule has 0 amide bonds. The van der Waals surface area contributed by atoms with Gasteiger partial charge in [-0.2, -0.15) is 4.57 Å². The Bertz CT molecular complexity index is 940. The quantitative estimate of drug-likeness (QED) is 0.340. The molecule has 0 N–H and O–H groups in total. The molecule has 0 atom stereocenters. The lowest BCUT2D eigenvalue weighted by atomic mass is 10.1. The average Bonchev–Trinajstić information content (AvgIpc) is 2.59. The molecule has 0 radical (unpaired) electrons. The number of rotatable bonds is 1. The normalized spacial score (nSPS) is 11.2. The van der Waals surface area contributed by atoms with E-state index in [1.54, 1.807) is 0 Å². The van der Waals surface area contributed by atoms with Crippen LogP contribution in [0.1, 0.15) is 0 Å². The van der Waals surface area contributed by atoms with Crippen LogP contribution in [-0.2, 0) is 0 Å². The highest BCUT2D eigenvalue weighted by atomic mass is 35.7. The SMILES string of the molecule is [O-][Cl+3]([O-])([O-])[O-].c1ccc(-[n+]2c3ccccc3cc3ccccc32)cc1. The summed E-state index contributed by atoms with van der Waals surface area (Å²) in [6.07, 6.45) is 0. The summed E-state index contributed by atoms with van der Waals surface area (Å²) in [5, 5.41) is 2.52. The predicted octanol–water partition coefficient (Wildman–Crippen LogP) is -0.486. The number of fused-ring (bicyclic) bond motifs is 2. The maximum absolute atomic E-state index is 8.49. The van der Waals surface area contributed by atoms with E-state index in [0.29, 0.717) is 0 Å². The van der Waals surface area contributed by atoms with E-state index in [9.17, 15) is 0 Å². The molecule has 126 valence electrons. The highest BCUT2D eigenvalue weighted by Gasteiger charge is 2.16. The Morgan fingerprint density at radius 2 is 0.960 bits per heavy atom. The van der Waals surface area contributed by atoms with E-state index in [1.165, 1.54) is 27.5 Å². The van der Waals surface area contributed by atoms with Crippen molar-refractivity contribution < 1.29 is 33.4 Å². The Morgan fingerprint density at radius 1 is 0.560 bits per heavy atom. The Labute approximate surface area is 146 Å². The topological polar surface area (TPSA) is 96.1 Å². The molecule has 3 aromatic carbocycles. The molecule has 0 aliphatic rings. The van der Waals surface area contributed by atoms with Gasteiger partial charge in [0, 0.05) is 35.0 Å². The van der Waals surface area contributed by atoms with Crippen molar-refractivity contribution in [1.82, 2.24) is 0 Å². The zero-order valence-electron chi connectivity index (χ0n) is 13.0. The average molecular weight is 356 g/mol. The second-order valence-electron chi connectivity index (χ2n) is 5.31. The molecule has 0 saturated carbocycles. The van der Waals surface area contributed by atoms with Crippen molar-refractivity contribution in [3.8, 4) is 5.69 Å². The molecule has 4 aromatic rings. The van der Waals surface area contributed by atoms with Crippen LogP contribution in [0.3, 0.4) is 0 Å². The number of nitrogens with zero attached hydrogens (tertiary/aromatic N) is 1. The zero-order valence-corrected chi connectivity index (χ0v) is 13.8. The largest absolute Gasteiger partial charge is 0.222 e.